The molecule has 1 aliphatic carbocycles. The molecule has 0 unspecified atom stereocenters. The molecule has 0 radical (unpaired) electrons. The summed E-state index contributed by atoms with van der Waals surface area (Å²) >= 11 is 1.70. The van der Waals surface area contributed by atoms with Gasteiger partial charge in [0.15, 0.2) is 0 Å². The van der Waals surface area contributed by atoms with Crippen molar-refractivity contribution >= 4 is 33.6 Å². The molecular formula is C21H30N4O3S. The molecule has 2 aliphatic rings. The fraction of sp³-hybridized carbons (Fsp3) is 0.667. The molecule has 29 heavy (non-hydrogen) atoms. The highest BCUT2D eigenvalue weighted by Crippen LogP contribution is 2.34. The summed E-state index contributed by atoms with van der Waals surface area (Å²) in [5.74, 6) is 1.10. The zero-order chi connectivity index (χ0) is 20.5. The Hall–Kier alpha value is -2.09. The van der Waals surface area contributed by atoms with Gasteiger partial charge in [0, 0.05) is 37.6 Å². The van der Waals surface area contributed by atoms with Gasteiger partial charge in [0.2, 0.25) is 5.95 Å². The molecule has 2 aromatic rings. The summed E-state index contributed by atoms with van der Waals surface area (Å²) in [6.45, 7) is 9.57. The van der Waals surface area contributed by atoms with Crippen molar-refractivity contribution in [3.05, 3.63) is 20.8 Å². The highest BCUT2D eigenvalue weighted by Gasteiger charge is 2.27. The third kappa shape index (κ3) is 3.86. The van der Waals surface area contributed by atoms with Crippen LogP contribution in [0.2, 0.25) is 0 Å². The summed E-state index contributed by atoms with van der Waals surface area (Å²) in [6, 6.07) is 0. The Labute approximate surface area is 175 Å². The van der Waals surface area contributed by atoms with E-state index < -0.39 is 0 Å². The van der Waals surface area contributed by atoms with Crippen LogP contribution in [-0.4, -0.2) is 53.3 Å². The number of thiophene rings is 1. The SMILES string of the molecule is CCOC(=O)N1CCN(c2nc3sc4c(c3c(=O)n2CC(C)C)CCCC4)CC1. The molecule has 1 saturated heterocycles. The minimum absolute atomic E-state index is 0.103. The first-order valence-corrected chi connectivity index (χ1v) is 11.5. The van der Waals surface area contributed by atoms with E-state index in [4.69, 9.17) is 9.72 Å². The van der Waals surface area contributed by atoms with Gasteiger partial charge in [-0.15, -0.1) is 11.3 Å². The van der Waals surface area contributed by atoms with Crippen LogP contribution in [0, 0.1) is 5.92 Å². The molecule has 0 spiro atoms. The van der Waals surface area contributed by atoms with Crippen molar-refractivity contribution in [1.29, 1.82) is 0 Å². The van der Waals surface area contributed by atoms with Gasteiger partial charge in [-0.2, -0.15) is 0 Å². The molecule has 0 saturated carbocycles. The van der Waals surface area contributed by atoms with Crippen molar-refractivity contribution < 1.29 is 9.53 Å². The molecule has 0 bridgehead atoms. The van der Waals surface area contributed by atoms with Crippen LogP contribution >= 0.6 is 11.3 Å². The van der Waals surface area contributed by atoms with Gasteiger partial charge >= 0.3 is 6.09 Å². The lowest BCUT2D eigenvalue weighted by molar-refractivity contribution is 0.105. The van der Waals surface area contributed by atoms with Gasteiger partial charge in [-0.25, -0.2) is 9.78 Å². The second kappa shape index (κ2) is 8.34. The topological polar surface area (TPSA) is 67.7 Å². The Morgan fingerprint density at radius 3 is 2.59 bits per heavy atom. The summed E-state index contributed by atoms with van der Waals surface area (Å²) in [4.78, 5) is 36.6. The van der Waals surface area contributed by atoms with E-state index in [9.17, 15) is 9.59 Å². The van der Waals surface area contributed by atoms with E-state index in [-0.39, 0.29) is 11.7 Å². The minimum atomic E-state index is -0.263. The fourth-order valence-corrected chi connectivity index (χ4v) is 5.55. The number of rotatable bonds is 4. The number of aromatic nitrogens is 2. The van der Waals surface area contributed by atoms with E-state index in [0.29, 0.717) is 45.2 Å². The number of aryl methyl sites for hydroxylation is 2. The molecule has 0 N–H and O–H groups in total. The quantitative estimate of drug-likeness (QED) is 0.762. The van der Waals surface area contributed by atoms with E-state index in [1.807, 2.05) is 11.5 Å². The number of hydrogen-bond acceptors (Lipinski definition) is 6. The molecular weight excluding hydrogens is 388 g/mol. The largest absolute Gasteiger partial charge is 0.450 e. The monoisotopic (exact) mass is 418 g/mol. The van der Waals surface area contributed by atoms with E-state index in [0.717, 1.165) is 35.4 Å². The summed E-state index contributed by atoms with van der Waals surface area (Å²) < 4.78 is 6.99. The lowest BCUT2D eigenvalue weighted by Crippen LogP contribution is -2.50. The number of fused-ring (bicyclic) bond motifs is 3. The van der Waals surface area contributed by atoms with Gasteiger partial charge in [0.25, 0.3) is 5.56 Å². The zero-order valence-corrected chi connectivity index (χ0v) is 18.4. The number of nitrogens with zero attached hydrogens (tertiary/aromatic N) is 4. The van der Waals surface area contributed by atoms with Crippen LogP contribution in [0.3, 0.4) is 0 Å². The molecule has 8 heteroatoms. The number of anilines is 1. The maximum absolute atomic E-state index is 13.5. The average Bonchev–Trinajstić information content (AvgIpc) is 3.08. The summed E-state index contributed by atoms with van der Waals surface area (Å²) in [6.07, 6.45) is 4.14. The Bertz CT molecular complexity index is 957. The lowest BCUT2D eigenvalue weighted by Gasteiger charge is -2.35. The molecule has 3 heterocycles. The van der Waals surface area contributed by atoms with Gasteiger partial charge in [-0.05, 0) is 44.1 Å². The predicted octanol–water partition coefficient (Wildman–Crippen LogP) is 3.27. The van der Waals surface area contributed by atoms with Gasteiger partial charge < -0.3 is 14.5 Å². The van der Waals surface area contributed by atoms with Crippen LogP contribution in [0.4, 0.5) is 10.7 Å². The zero-order valence-electron chi connectivity index (χ0n) is 17.6. The third-order valence-corrected chi connectivity index (χ3v) is 6.88. The summed E-state index contributed by atoms with van der Waals surface area (Å²) in [5.41, 5.74) is 1.34. The van der Waals surface area contributed by atoms with Crippen LogP contribution < -0.4 is 10.5 Å². The molecule has 7 nitrogen and oxygen atoms in total. The molecule has 158 valence electrons. The minimum Gasteiger partial charge on any atom is -0.450 e. The molecule has 0 atom stereocenters. The molecule has 1 fully saturated rings. The van der Waals surface area contributed by atoms with Crippen molar-refractivity contribution in [2.75, 3.05) is 37.7 Å². The molecule has 1 aliphatic heterocycles. The number of amides is 1. The Morgan fingerprint density at radius 2 is 1.90 bits per heavy atom. The van der Waals surface area contributed by atoms with Crippen molar-refractivity contribution in [2.24, 2.45) is 5.92 Å². The van der Waals surface area contributed by atoms with E-state index in [1.54, 1.807) is 16.2 Å². The normalized spacial score (nSPS) is 17.1. The Morgan fingerprint density at radius 1 is 1.17 bits per heavy atom. The van der Waals surface area contributed by atoms with Crippen molar-refractivity contribution in [3.63, 3.8) is 0 Å². The van der Waals surface area contributed by atoms with Crippen molar-refractivity contribution in [1.82, 2.24) is 14.5 Å². The molecule has 1 amide bonds. The highest BCUT2D eigenvalue weighted by molar-refractivity contribution is 7.18. The lowest BCUT2D eigenvalue weighted by atomic mass is 9.97. The van der Waals surface area contributed by atoms with Gasteiger partial charge in [-0.3, -0.25) is 9.36 Å². The van der Waals surface area contributed by atoms with Gasteiger partial charge in [-0.1, -0.05) is 13.8 Å². The van der Waals surface area contributed by atoms with Crippen LogP contribution in [0.25, 0.3) is 10.2 Å². The highest BCUT2D eigenvalue weighted by atomic mass is 32.1. The number of carbonyl (C=O) groups excluding carboxylic acids is 1. The van der Waals surface area contributed by atoms with E-state index >= 15 is 0 Å². The number of piperazine rings is 1. The van der Waals surface area contributed by atoms with Crippen LogP contribution in [0.15, 0.2) is 4.79 Å². The maximum atomic E-state index is 13.5. The first-order valence-electron chi connectivity index (χ1n) is 10.7. The van der Waals surface area contributed by atoms with Crippen LogP contribution in [-0.2, 0) is 24.1 Å². The standard InChI is InChI=1S/C21H30N4O3S/c1-4-28-21(27)24-11-9-23(10-12-24)20-22-18-17(19(26)25(20)13-14(2)3)15-7-5-6-8-16(15)29-18/h14H,4-13H2,1-3H3. The maximum Gasteiger partial charge on any atom is 0.409 e. The number of hydrogen-bond donors (Lipinski definition) is 0. The first kappa shape index (κ1) is 20.2. The Kier molecular flexibility index (Phi) is 5.81. The number of carbonyl (C=O) groups is 1. The predicted molar refractivity (Wildman–Crippen MR) is 116 cm³/mol. The smallest absolute Gasteiger partial charge is 0.409 e. The molecule has 4 rings (SSSR count). The molecule has 2 aromatic heterocycles. The van der Waals surface area contributed by atoms with E-state index in [2.05, 4.69) is 18.7 Å². The van der Waals surface area contributed by atoms with Crippen LogP contribution in [0.5, 0.6) is 0 Å². The molecule has 0 aromatic carbocycles. The van der Waals surface area contributed by atoms with Crippen molar-refractivity contribution in [3.8, 4) is 0 Å². The Balaban J connectivity index is 1.70. The summed E-state index contributed by atoms with van der Waals surface area (Å²) in [7, 11) is 0. The van der Waals surface area contributed by atoms with Gasteiger partial charge in [0.05, 0.1) is 12.0 Å². The average molecular weight is 419 g/mol. The third-order valence-electron chi connectivity index (χ3n) is 5.69. The van der Waals surface area contributed by atoms with Gasteiger partial charge in [0.1, 0.15) is 4.83 Å². The van der Waals surface area contributed by atoms with E-state index in [1.165, 1.54) is 16.9 Å². The van der Waals surface area contributed by atoms with Crippen molar-refractivity contribution in [2.45, 2.75) is 53.0 Å². The fourth-order valence-electron chi connectivity index (χ4n) is 4.30. The first-order chi connectivity index (χ1) is 14.0. The second-order valence-electron chi connectivity index (χ2n) is 8.29. The van der Waals surface area contributed by atoms with Crippen LogP contribution in [0.1, 0.15) is 44.1 Å². The second-order valence-corrected chi connectivity index (χ2v) is 9.37. The number of ether oxygens (including phenoxy) is 1. The summed E-state index contributed by atoms with van der Waals surface area (Å²) in [5, 5.41) is 0.847.